The first kappa shape index (κ1) is 13.5. The molecule has 1 atom stereocenters. The minimum atomic E-state index is -3.58. The van der Waals surface area contributed by atoms with Gasteiger partial charge in [0.05, 0.1) is 10.2 Å². The van der Waals surface area contributed by atoms with Crippen LogP contribution in [0.4, 0.5) is 10.1 Å². The van der Waals surface area contributed by atoms with E-state index in [0.29, 0.717) is 11.3 Å². The molecule has 20 heavy (non-hydrogen) atoms. The lowest BCUT2D eigenvalue weighted by atomic mass is 10.1. The molecule has 0 bridgehead atoms. The predicted octanol–water partition coefficient (Wildman–Crippen LogP) is 2.99. The van der Waals surface area contributed by atoms with Gasteiger partial charge in [0.2, 0.25) is 10.0 Å². The van der Waals surface area contributed by atoms with E-state index in [1.54, 1.807) is 24.3 Å². The number of halogens is 2. The van der Waals surface area contributed by atoms with E-state index >= 15 is 0 Å². The van der Waals surface area contributed by atoms with Crippen molar-refractivity contribution in [3.8, 4) is 0 Å². The highest BCUT2D eigenvalue weighted by molar-refractivity contribution is 9.10. The van der Waals surface area contributed by atoms with Crippen LogP contribution in [0.5, 0.6) is 0 Å². The molecule has 0 saturated heterocycles. The molecule has 2 N–H and O–H groups in total. The standard InChI is InChI=1S/C13H10BrFN2O2S/c14-9-7-8(5-6-10(9)15)13-16-11-3-1-2-4-12(11)20(18,19)17-13/h1-7,13,16-17H. The number of hydrogen-bond acceptors (Lipinski definition) is 3. The number of benzene rings is 2. The van der Waals surface area contributed by atoms with Crippen molar-refractivity contribution >= 4 is 31.6 Å². The van der Waals surface area contributed by atoms with Crippen LogP contribution in [0.3, 0.4) is 0 Å². The SMILES string of the molecule is O=S1(=O)NC(c2ccc(F)c(Br)c2)Nc2ccccc21. The number of fused-ring (bicyclic) bond motifs is 1. The second-order valence-corrected chi connectivity index (χ2v) is 6.91. The third kappa shape index (κ3) is 2.32. The van der Waals surface area contributed by atoms with Gasteiger partial charge in [-0.1, -0.05) is 18.2 Å². The van der Waals surface area contributed by atoms with E-state index < -0.39 is 22.0 Å². The number of nitrogens with one attached hydrogen (secondary N) is 2. The van der Waals surface area contributed by atoms with Crippen LogP contribution in [0, 0.1) is 5.82 Å². The van der Waals surface area contributed by atoms with Crippen molar-refractivity contribution in [3.63, 3.8) is 0 Å². The molecule has 7 heteroatoms. The fourth-order valence-electron chi connectivity index (χ4n) is 2.07. The van der Waals surface area contributed by atoms with Crippen LogP contribution in [0.15, 0.2) is 51.8 Å². The van der Waals surface area contributed by atoms with E-state index in [9.17, 15) is 12.8 Å². The van der Waals surface area contributed by atoms with Gasteiger partial charge in [-0.3, -0.25) is 0 Å². The first-order chi connectivity index (χ1) is 9.47. The third-order valence-electron chi connectivity index (χ3n) is 3.03. The van der Waals surface area contributed by atoms with Gasteiger partial charge in [-0.15, -0.1) is 0 Å². The molecule has 1 aliphatic rings. The average molecular weight is 357 g/mol. The van der Waals surface area contributed by atoms with Gasteiger partial charge in [0.15, 0.2) is 0 Å². The van der Waals surface area contributed by atoms with Crippen molar-refractivity contribution in [1.82, 2.24) is 4.72 Å². The summed E-state index contributed by atoms with van der Waals surface area (Å²) >= 11 is 3.09. The van der Waals surface area contributed by atoms with Crippen LogP contribution < -0.4 is 10.0 Å². The molecule has 1 heterocycles. The minimum Gasteiger partial charge on any atom is -0.364 e. The van der Waals surface area contributed by atoms with Crippen LogP contribution in [0.2, 0.25) is 0 Å². The topological polar surface area (TPSA) is 58.2 Å². The molecular weight excluding hydrogens is 347 g/mol. The first-order valence-electron chi connectivity index (χ1n) is 5.80. The van der Waals surface area contributed by atoms with Crippen molar-refractivity contribution in [2.24, 2.45) is 0 Å². The number of hydrogen-bond donors (Lipinski definition) is 2. The molecule has 1 aliphatic heterocycles. The van der Waals surface area contributed by atoms with Gasteiger partial charge < -0.3 is 5.32 Å². The van der Waals surface area contributed by atoms with E-state index in [4.69, 9.17) is 0 Å². The molecule has 0 saturated carbocycles. The molecule has 104 valence electrons. The average Bonchev–Trinajstić information content (AvgIpc) is 2.41. The zero-order valence-electron chi connectivity index (χ0n) is 10.1. The molecule has 4 nitrogen and oxygen atoms in total. The van der Waals surface area contributed by atoms with Crippen molar-refractivity contribution in [3.05, 3.63) is 58.3 Å². The second-order valence-electron chi connectivity index (χ2n) is 4.37. The first-order valence-corrected chi connectivity index (χ1v) is 8.08. The highest BCUT2D eigenvalue weighted by atomic mass is 79.9. The lowest BCUT2D eigenvalue weighted by Crippen LogP contribution is -2.38. The normalized spacial score (nSPS) is 20.0. The predicted molar refractivity (Wildman–Crippen MR) is 77.2 cm³/mol. The Balaban J connectivity index is 2.05. The quantitative estimate of drug-likeness (QED) is 0.825. The Bertz CT molecular complexity index is 780. The molecule has 0 radical (unpaired) electrons. The summed E-state index contributed by atoms with van der Waals surface area (Å²) in [5.74, 6) is -0.396. The van der Waals surface area contributed by atoms with Crippen LogP contribution in [0.25, 0.3) is 0 Å². The van der Waals surface area contributed by atoms with Gasteiger partial charge in [0.1, 0.15) is 16.9 Å². The molecular formula is C13H10BrFN2O2S. The summed E-state index contributed by atoms with van der Waals surface area (Å²) in [7, 11) is -3.58. The summed E-state index contributed by atoms with van der Waals surface area (Å²) in [5.41, 5.74) is 1.15. The number of anilines is 1. The molecule has 0 aromatic heterocycles. The molecule has 2 aromatic rings. The summed E-state index contributed by atoms with van der Waals surface area (Å²) in [5, 5.41) is 3.08. The van der Waals surface area contributed by atoms with Gasteiger partial charge in [-0.2, -0.15) is 4.72 Å². The van der Waals surface area contributed by atoms with Gasteiger partial charge in [0, 0.05) is 0 Å². The molecule has 0 fully saturated rings. The Hall–Kier alpha value is -1.44. The maximum absolute atomic E-state index is 13.3. The van der Waals surface area contributed by atoms with E-state index in [0.717, 1.165) is 0 Å². The Kier molecular flexibility index (Phi) is 3.27. The lowest BCUT2D eigenvalue weighted by molar-refractivity contribution is 0.562. The van der Waals surface area contributed by atoms with E-state index in [1.165, 1.54) is 18.2 Å². The molecule has 3 rings (SSSR count). The van der Waals surface area contributed by atoms with Gasteiger partial charge >= 0.3 is 0 Å². The number of para-hydroxylation sites is 1. The third-order valence-corrected chi connectivity index (χ3v) is 5.12. The smallest absolute Gasteiger partial charge is 0.244 e. The molecule has 2 aromatic carbocycles. The Morgan fingerprint density at radius 1 is 1.15 bits per heavy atom. The maximum Gasteiger partial charge on any atom is 0.244 e. The van der Waals surface area contributed by atoms with Crippen LogP contribution >= 0.6 is 15.9 Å². The Morgan fingerprint density at radius 3 is 2.65 bits per heavy atom. The highest BCUT2D eigenvalue weighted by Gasteiger charge is 2.29. The zero-order chi connectivity index (χ0) is 14.3. The van der Waals surface area contributed by atoms with Crippen molar-refractivity contribution in [2.45, 2.75) is 11.1 Å². The largest absolute Gasteiger partial charge is 0.364 e. The highest BCUT2D eigenvalue weighted by Crippen LogP contribution is 2.31. The van der Waals surface area contributed by atoms with E-state index in [2.05, 4.69) is 26.0 Å². The monoisotopic (exact) mass is 356 g/mol. The minimum absolute atomic E-state index is 0.206. The summed E-state index contributed by atoms with van der Waals surface area (Å²) < 4.78 is 40.4. The van der Waals surface area contributed by atoms with Crippen LogP contribution in [-0.2, 0) is 10.0 Å². The summed E-state index contributed by atoms with van der Waals surface area (Å²) in [6.45, 7) is 0. The fraction of sp³-hybridized carbons (Fsp3) is 0.0769. The zero-order valence-corrected chi connectivity index (χ0v) is 12.5. The van der Waals surface area contributed by atoms with Crippen molar-refractivity contribution < 1.29 is 12.8 Å². The maximum atomic E-state index is 13.3. The van der Waals surface area contributed by atoms with E-state index in [-0.39, 0.29) is 9.37 Å². The molecule has 1 unspecified atom stereocenters. The van der Waals surface area contributed by atoms with Gasteiger partial charge in [0.25, 0.3) is 0 Å². The van der Waals surface area contributed by atoms with Gasteiger partial charge in [-0.05, 0) is 45.8 Å². The summed E-state index contributed by atoms with van der Waals surface area (Å²) in [6, 6.07) is 11.0. The Morgan fingerprint density at radius 2 is 1.90 bits per heavy atom. The molecule has 0 amide bonds. The lowest BCUT2D eigenvalue weighted by Gasteiger charge is -2.28. The second kappa shape index (κ2) is 4.83. The van der Waals surface area contributed by atoms with Gasteiger partial charge in [-0.25, -0.2) is 12.8 Å². The molecule has 0 spiro atoms. The number of rotatable bonds is 1. The number of sulfonamides is 1. The fourth-order valence-corrected chi connectivity index (χ4v) is 3.77. The summed E-state index contributed by atoms with van der Waals surface area (Å²) in [6.07, 6.45) is -0.633. The molecule has 0 aliphatic carbocycles. The van der Waals surface area contributed by atoms with Crippen LogP contribution in [0.1, 0.15) is 11.7 Å². The summed E-state index contributed by atoms with van der Waals surface area (Å²) in [4.78, 5) is 0.206. The van der Waals surface area contributed by atoms with Crippen molar-refractivity contribution in [2.75, 3.05) is 5.32 Å². The van der Waals surface area contributed by atoms with E-state index in [1.807, 2.05) is 0 Å². The van der Waals surface area contributed by atoms with Crippen LogP contribution in [-0.4, -0.2) is 8.42 Å². The van der Waals surface area contributed by atoms with Crippen molar-refractivity contribution in [1.29, 1.82) is 0 Å². The Labute approximate surface area is 124 Å².